The second-order valence-electron chi connectivity index (χ2n) is 7.40. The van der Waals surface area contributed by atoms with E-state index in [-0.39, 0.29) is 11.3 Å². The molecule has 0 aromatic heterocycles. The van der Waals surface area contributed by atoms with Crippen molar-refractivity contribution in [1.82, 2.24) is 4.90 Å². The first-order valence-electron chi connectivity index (χ1n) is 9.92. The van der Waals surface area contributed by atoms with Crippen LogP contribution in [0.3, 0.4) is 0 Å². The van der Waals surface area contributed by atoms with E-state index in [0.29, 0.717) is 35.6 Å². The van der Waals surface area contributed by atoms with Gasteiger partial charge < -0.3 is 19.5 Å². The van der Waals surface area contributed by atoms with Crippen molar-refractivity contribution in [2.24, 2.45) is 0 Å². The fraction of sp³-hybridized carbons (Fsp3) is 0.333. The van der Waals surface area contributed by atoms with E-state index in [1.54, 1.807) is 12.1 Å². The first-order valence-corrected chi connectivity index (χ1v) is 9.92. The van der Waals surface area contributed by atoms with Crippen LogP contribution in [0.1, 0.15) is 41.6 Å². The number of aliphatic hydroxyl groups is 1. The molecule has 1 heterocycles. The number of carbonyl (C=O) groups is 2. The maximum absolute atomic E-state index is 13.1. The number of hydrogen-bond donors (Lipinski definition) is 1. The summed E-state index contributed by atoms with van der Waals surface area (Å²) in [5.41, 5.74) is 2.82. The Morgan fingerprint density at radius 1 is 1.10 bits per heavy atom. The third-order valence-corrected chi connectivity index (χ3v) is 5.32. The molecule has 1 N–H and O–H groups in total. The van der Waals surface area contributed by atoms with Crippen LogP contribution in [0.2, 0.25) is 0 Å². The van der Waals surface area contributed by atoms with E-state index in [2.05, 4.69) is 0 Å². The van der Waals surface area contributed by atoms with Gasteiger partial charge in [0, 0.05) is 12.1 Å². The number of ether oxygens (including phenoxy) is 2. The zero-order valence-electron chi connectivity index (χ0n) is 18.0. The average Bonchev–Trinajstić information content (AvgIpc) is 2.97. The van der Waals surface area contributed by atoms with Gasteiger partial charge >= 0.3 is 0 Å². The molecule has 2 aromatic rings. The third-order valence-electron chi connectivity index (χ3n) is 5.32. The molecule has 0 saturated carbocycles. The fourth-order valence-electron chi connectivity index (χ4n) is 4.11. The van der Waals surface area contributed by atoms with Crippen LogP contribution in [-0.2, 0) is 9.59 Å². The smallest absolute Gasteiger partial charge is 0.295 e. The van der Waals surface area contributed by atoms with Gasteiger partial charge in [-0.25, -0.2) is 0 Å². The summed E-state index contributed by atoms with van der Waals surface area (Å²) < 4.78 is 11.0. The lowest BCUT2D eigenvalue weighted by Gasteiger charge is -2.26. The van der Waals surface area contributed by atoms with Gasteiger partial charge in [0.25, 0.3) is 11.7 Å². The molecule has 0 radical (unpaired) electrons. The van der Waals surface area contributed by atoms with Gasteiger partial charge in [0.2, 0.25) is 0 Å². The Hall–Kier alpha value is -3.28. The highest BCUT2D eigenvalue weighted by Crippen LogP contribution is 2.44. The number of aliphatic hydroxyl groups excluding tert-OH is 1. The van der Waals surface area contributed by atoms with E-state index in [0.717, 1.165) is 11.1 Å². The van der Waals surface area contributed by atoms with Gasteiger partial charge in [-0.15, -0.1) is 0 Å². The van der Waals surface area contributed by atoms with E-state index in [1.807, 2.05) is 45.0 Å². The zero-order chi connectivity index (χ0) is 22.0. The van der Waals surface area contributed by atoms with Crippen LogP contribution in [-0.4, -0.2) is 42.5 Å². The van der Waals surface area contributed by atoms with Crippen molar-refractivity contribution >= 4 is 17.4 Å². The molecule has 1 unspecified atom stereocenters. The van der Waals surface area contributed by atoms with Crippen LogP contribution in [0.4, 0.5) is 0 Å². The minimum atomic E-state index is -0.744. The Morgan fingerprint density at radius 3 is 2.43 bits per heavy atom. The number of rotatable bonds is 6. The topological polar surface area (TPSA) is 76.1 Å². The second-order valence-corrected chi connectivity index (χ2v) is 7.40. The van der Waals surface area contributed by atoms with Gasteiger partial charge in [-0.05, 0) is 43.5 Å². The Balaban J connectivity index is 2.32. The number of carbonyl (C=O) groups excluding carboxylic acids is 2. The lowest BCUT2D eigenvalue weighted by atomic mass is 9.93. The summed E-state index contributed by atoms with van der Waals surface area (Å²) in [5.74, 6) is -0.565. The number of hydrogen-bond acceptors (Lipinski definition) is 5. The maximum Gasteiger partial charge on any atom is 0.295 e. The molecule has 1 saturated heterocycles. The monoisotopic (exact) mass is 409 g/mol. The lowest BCUT2D eigenvalue weighted by molar-refractivity contribution is -0.139. The number of likely N-dealkylation sites (tertiary alicyclic amines) is 1. The molecule has 1 aliphatic rings. The van der Waals surface area contributed by atoms with Crippen LogP contribution in [0, 0.1) is 13.8 Å². The highest BCUT2D eigenvalue weighted by Gasteiger charge is 2.46. The molecule has 0 spiro atoms. The molecule has 6 heteroatoms. The molecule has 2 aromatic carbocycles. The number of ketones is 1. The van der Waals surface area contributed by atoms with Gasteiger partial charge in [0.05, 0.1) is 31.4 Å². The number of nitrogens with zero attached hydrogens (tertiary/aromatic N) is 1. The second kappa shape index (κ2) is 8.61. The quantitative estimate of drug-likeness (QED) is 0.441. The van der Waals surface area contributed by atoms with Gasteiger partial charge in [-0.2, -0.15) is 0 Å². The van der Waals surface area contributed by atoms with Crippen molar-refractivity contribution in [3.8, 4) is 11.5 Å². The van der Waals surface area contributed by atoms with E-state index in [9.17, 15) is 14.7 Å². The predicted molar refractivity (Wildman–Crippen MR) is 115 cm³/mol. The minimum Gasteiger partial charge on any atom is -0.507 e. The highest BCUT2D eigenvalue weighted by molar-refractivity contribution is 6.46. The Labute approximate surface area is 176 Å². The van der Waals surface area contributed by atoms with Crippen LogP contribution in [0.15, 0.2) is 42.0 Å². The highest BCUT2D eigenvalue weighted by atomic mass is 16.5. The Morgan fingerprint density at radius 2 is 1.80 bits per heavy atom. The number of methoxy groups -OCH3 is 2. The van der Waals surface area contributed by atoms with E-state index in [4.69, 9.17) is 9.47 Å². The molecular formula is C24H27NO5. The van der Waals surface area contributed by atoms with Gasteiger partial charge in [-0.1, -0.05) is 31.2 Å². The summed E-state index contributed by atoms with van der Waals surface area (Å²) in [6, 6.07) is 10.2. The summed E-state index contributed by atoms with van der Waals surface area (Å²) in [6.45, 7) is 6.09. The molecule has 0 bridgehead atoms. The van der Waals surface area contributed by atoms with Crippen LogP contribution < -0.4 is 9.47 Å². The van der Waals surface area contributed by atoms with Crippen molar-refractivity contribution < 1.29 is 24.2 Å². The minimum absolute atomic E-state index is 0.0428. The summed E-state index contributed by atoms with van der Waals surface area (Å²) >= 11 is 0. The molecule has 1 aliphatic heterocycles. The van der Waals surface area contributed by atoms with Crippen LogP contribution >= 0.6 is 0 Å². The van der Waals surface area contributed by atoms with Crippen molar-refractivity contribution in [3.63, 3.8) is 0 Å². The summed E-state index contributed by atoms with van der Waals surface area (Å²) in [5, 5.41) is 11.3. The number of amides is 1. The lowest BCUT2D eigenvalue weighted by Crippen LogP contribution is -2.30. The molecular weight excluding hydrogens is 382 g/mol. The average molecular weight is 409 g/mol. The third kappa shape index (κ3) is 3.54. The fourth-order valence-corrected chi connectivity index (χ4v) is 4.11. The maximum atomic E-state index is 13.1. The molecule has 1 fully saturated rings. The van der Waals surface area contributed by atoms with Crippen molar-refractivity contribution in [2.75, 3.05) is 20.8 Å². The standard InChI is InChI=1S/C24H27NO5/c1-6-11-25-20(16-9-7-8-10-18(16)29-4)19(22(27)24(25)28)21(26)17-13-14(2)12-15(3)23(17)30-5/h7-10,12-13,20,26H,6,11H2,1-5H3/b21-19+. The van der Waals surface area contributed by atoms with E-state index >= 15 is 0 Å². The predicted octanol–water partition coefficient (Wildman–Crippen LogP) is 4.15. The number of para-hydroxylation sites is 1. The van der Waals surface area contributed by atoms with Crippen molar-refractivity contribution in [3.05, 3.63) is 64.2 Å². The van der Waals surface area contributed by atoms with Crippen molar-refractivity contribution in [1.29, 1.82) is 0 Å². The van der Waals surface area contributed by atoms with E-state index in [1.165, 1.54) is 19.1 Å². The first-order chi connectivity index (χ1) is 14.3. The van der Waals surface area contributed by atoms with Crippen molar-refractivity contribution in [2.45, 2.75) is 33.2 Å². The Bertz CT molecular complexity index is 1020. The largest absolute Gasteiger partial charge is 0.507 e. The number of Topliss-reactive ketones (excluding diaryl/α,β-unsaturated/α-hetero) is 1. The van der Waals surface area contributed by atoms with Gasteiger partial charge in [-0.3, -0.25) is 9.59 Å². The van der Waals surface area contributed by atoms with Crippen LogP contribution in [0.25, 0.3) is 5.76 Å². The zero-order valence-corrected chi connectivity index (χ0v) is 18.0. The Kier molecular flexibility index (Phi) is 6.15. The number of aryl methyl sites for hydroxylation is 2. The number of benzene rings is 2. The molecule has 158 valence electrons. The summed E-state index contributed by atoms with van der Waals surface area (Å²) in [4.78, 5) is 27.4. The summed E-state index contributed by atoms with van der Waals surface area (Å²) in [6.07, 6.45) is 0.672. The normalized spacial score (nSPS) is 18.0. The molecule has 1 atom stereocenters. The van der Waals surface area contributed by atoms with E-state index < -0.39 is 17.7 Å². The SMILES string of the molecule is CCCN1C(=O)C(=O)/C(=C(/O)c2cc(C)cc(C)c2OC)C1c1ccccc1OC. The molecule has 1 amide bonds. The van der Waals surface area contributed by atoms with Gasteiger partial charge in [0.1, 0.15) is 17.3 Å². The molecule has 6 nitrogen and oxygen atoms in total. The molecule has 3 rings (SSSR count). The molecule has 0 aliphatic carbocycles. The first kappa shape index (κ1) is 21.4. The van der Waals surface area contributed by atoms with Crippen LogP contribution in [0.5, 0.6) is 11.5 Å². The van der Waals surface area contributed by atoms with Gasteiger partial charge in [0.15, 0.2) is 0 Å². The molecule has 30 heavy (non-hydrogen) atoms. The summed E-state index contributed by atoms with van der Waals surface area (Å²) in [7, 11) is 3.06.